The second-order valence-corrected chi connectivity index (χ2v) is 8.58. The summed E-state index contributed by atoms with van der Waals surface area (Å²) in [6.07, 6.45) is 3.28. The van der Waals surface area contributed by atoms with E-state index in [1.165, 1.54) is 24.3 Å². The second kappa shape index (κ2) is 9.15. The fraction of sp³-hybridized carbons (Fsp3) is 0.450. The minimum atomic E-state index is -0.905. The maximum Gasteiger partial charge on any atom is 0.344 e. The van der Waals surface area contributed by atoms with Gasteiger partial charge < -0.3 is 14.5 Å². The lowest BCUT2D eigenvalue weighted by molar-refractivity contribution is -0.139. The molecule has 12 heteroatoms. The Labute approximate surface area is 187 Å². The molecular weight excluding hydrogens is 441 g/mol. The van der Waals surface area contributed by atoms with Crippen LogP contribution in [0.1, 0.15) is 51.0 Å². The number of benzene rings is 1. The Bertz CT molecular complexity index is 1010. The Balaban J connectivity index is 1.28. The Morgan fingerprint density at radius 3 is 2.72 bits per heavy atom. The van der Waals surface area contributed by atoms with Crippen LogP contribution in [0.3, 0.4) is 0 Å². The highest BCUT2D eigenvalue weighted by Crippen LogP contribution is 2.33. The number of halogens is 1. The normalized spacial score (nSPS) is 18.5. The van der Waals surface area contributed by atoms with E-state index in [2.05, 4.69) is 20.9 Å². The zero-order valence-corrected chi connectivity index (χ0v) is 18.1. The number of aromatic nitrogens is 2. The first-order valence-corrected chi connectivity index (χ1v) is 11.2. The molecule has 1 saturated heterocycles. The number of amides is 4. The summed E-state index contributed by atoms with van der Waals surface area (Å²) in [5.74, 6) is -0.866. The largest absolute Gasteiger partial charge is 0.481 e. The van der Waals surface area contributed by atoms with Gasteiger partial charge in [-0.25, -0.2) is 9.18 Å². The first kappa shape index (κ1) is 22.1. The summed E-state index contributed by atoms with van der Waals surface area (Å²) in [5.41, 5.74) is 1.45. The van der Waals surface area contributed by atoms with Gasteiger partial charge in [0.05, 0.1) is 5.75 Å². The maximum absolute atomic E-state index is 13.0. The third-order valence-electron chi connectivity index (χ3n) is 5.33. The van der Waals surface area contributed by atoms with Gasteiger partial charge in [0.1, 0.15) is 17.1 Å². The van der Waals surface area contributed by atoms with E-state index in [1.54, 1.807) is 6.92 Å². The minimum absolute atomic E-state index is 0.130. The van der Waals surface area contributed by atoms with Gasteiger partial charge in [-0.1, -0.05) is 31.0 Å². The molecule has 2 aliphatic rings. The van der Waals surface area contributed by atoms with Gasteiger partial charge >= 0.3 is 6.03 Å². The van der Waals surface area contributed by atoms with Crippen LogP contribution in [0.2, 0.25) is 0 Å². The van der Waals surface area contributed by atoms with Crippen molar-refractivity contribution in [2.75, 3.05) is 5.75 Å². The number of imide groups is 1. The number of urea groups is 1. The number of nitrogens with zero attached hydrogens (tertiary/aromatic N) is 3. The lowest BCUT2D eigenvalue weighted by Gasteiger charge is -2.30. The molecule has 1 aliphatic heterocycles. The van der Waals surface area contributed by atoms with Gasteiger partial charge in [-0.2, -0.15) is 5.01 Å². The number of nitrogens with one attached hydrogen (secondary N) is 2. The lowest BCUT2D eigenvalue weighted by atomic mass is 9.82. The van der Waals surface area contributed by atoms with E-state index >= 15 is 0 Å². The molecule has 4 rings (SSSR count). The zero-order valence-electron chi connectivity index (χ0n) is 17.3. The van der Waals surface area contributed by atoms with Crippen LogP contribution in [0.25, 0.3) is 0 Å². The fourth-order valence-corrected chi connectivity index (χ4v) is 4.27. The van der Waals surface area contributed by atoms with E-state index in [4.69, 9.17) is 9.15 Å². The molecule has 10 nitrogen and oxygen atoms in total. The summed E-state index contributed by atoms with van der Waals surface area (Å²) in [7, 11) is 0. The molecule has 32 heavy (non-hydrogen) atoms. The molecule has 1 aliphatic carbocycles. The van der Waals surface area contributed by atoms with Gasteiger partial charge in [0, 0.05) is 0 Å². The molecule has 1 aromatic carbocycles. The van der Waals surface area contributed by atoms with Crippen LogP contribution in [0.5, 0.6) is 5.75 Å². The van der Waals surface area contributed by atoms with Crippen molar-refractivity contribution in [1.29, 1.82) is 0 Å². The smallest absolute Gasteiger partial charge is 0.344 e. The first-order chi connectivity index (χ1) is 15.4. The first-order valence-electron chi connectivity index (χ1n) is 10.2. The molecule has 2 aromatic rings. The summed E-state index contributed by atoms with van der Waals surface area (Å²) in [4.78, 5) is 37.2. The third kappa shape index (κ3) is 4.69. The van der Waals surface area contributed by atoms with Crippen LogP contribution in [0, 0.1) is 5.82 Å². The Kier molecular flexibility index (Phi) is 6.31. The van der Waals surface area contributed by atoms with E-state index in [1.807, 2.05) is 0 Å². The molecule has 0 radical (unpaired) electrons. The predicted molar refractivity (Wildman–Crippen MR) is 110 cm³/mol. The van der Waals surface area contributed by atoms with E-state index in [-0.39, 0.29) is 22.7 Å². The van der Waals surface area contributed by atoms with Gasteiger partial charge in [-0.05, 0) is 44.0 Å². The van der Waals surface area contributed by atoms with Crippen molar-refractivity contribution < 1.29 is 27.9 Å². The Morgan fingerprint density at radius 1 is 1.28 bits per heavy atom. The monoisotopic (exact) mass is 463 g/mol. The van der Waals surface area contributed by atoms with Crippen LogP contribution < -0.4 is 15.5 Å². The van der Waals surface area contributed by atoms with Gasteiger partial charge in [0.2, 0.25) is 5.91 Å². The Morgan fingerprint density at radius 2 is 2.00 bits per heavy atom. The number of ether oxygens (including phenoxy) is 1. The Hall–Kier alpha value is -3.15. The zero-order chi connectivity index (χ0) is 22.7. The van der Waals surface area contributed by atoms with Gasteiger partial charge in [0.15, 0.2) is 6.10 Å². The number of hydrogen-bond donors (Lipinski definition) is 2. The molecule has 2 fully saturated rings. The lowest BCUT2D eigenvalue weighted by Crippen LogP contribution is -2.51. The maximum atomic E-state index is 13.0. The molecular formula is C20H22FN5O5S. The van der Waals surface area contributed by atoms with E-state index in [0.29, 0.717) is 18.6 Å². The van der Waals surface area contributed by atoms with Crippen molar-refractivity contribution in [2.45, 2.75) is 55.9 Å². The number of rotatable bonds is 7. The van der Waals surface area contributed by atoms with Crippen molar-refractivity contribution in [1.82, 2.24) is 25.9 Å². The minimum Gasteiger partial charge on any atom is -0.481 e. The molecule has 0 bridgehead atoms. The van der Waals surface area contributed by atoms with Crippen molar-refractivity contribution in [3.8, 4) is 5.75 Å². The molecule has 1 atom stereocenters. The topological polar surface area (TPSA) is 127 Å². The predicted octanol–water partition coefficient (Wildman–Crippen LogP) is 2.73. The number of thioether (sulfide) groups is 1. The van der Waals surface area contributed by atoms with Crippen molar-refractivity contribution in [2.24, 2.45) is 0 Å². The summed E-state index contributed by atoms with van der Waals surface area (Å²) in [6.45, 7) is 1.69. The van der Waals surface area contributed by atoms with Crippen LogP contribution in [-0.4, -0.2) is 44.3 Å². The van der Waals surface area contributed by atoms with Crippen LogP contribution >= 0.6 is 11.8 Å². The molecule has 2 N–H and O–H groups in total. The molecule has 1 spiro atoms. The van der Waals surface area contributed by atoms with Gasteiger partial charge in [-0.15, -0.1) is 10.2 Å². The third-order valence-corrected chi connectivity index (χ3v) is 6.15. The second-order valence-electron chi connectivity index (χ2n) is 7.66. The summed E-state index contributed by atoms with van der Waals surface area (Å²) in [6, 6.07) is 4.89. The number of hydrazine groups is 1. The van der Waals surface area contributed by atoms with Crippen LogP contribution in [0.4, 0.5) is 9.18 Å². The molecule has 2 heterocycles. The number of hydrogen-bond acceptors (Lipinski definition) is 8. The average Bonchev–Trinajstić information content (AvgIpc) is 3.34. The van der Waals surface area contributed by atoms with Crippen molar-refractivity contribution in [3.05, 3.63) is 36.0 Å². The highest BCUT2D eigenvalue weighted by molar-refractivity contribution is 7.99. The summed E-state index contributed by atoms with van der Waals surface area (Å²) >= 11 is 0.961. The highest BCUT2D eigenvalue weighted by atomic mass is 32.2. The number of carbonyl (C=O) groups excluding carboxylic acids is 3. The average molecular weight is 463 g/mol. The standard InChI is InChI=1S/C20H22FN5O5S/c1-12(30-14-7-5-13(21)6-8-14)16-23-24-19(31-16)32-11-15(27)25-26-17(28)20(22-18(26)29)9-3-2-4-10-20/h5-8,12H,2-4,9-11H2,1H3,(H,22,29)(H,25,27)/t12-/m0/s1. The fourth-order valence-electron chi connectivity index (χ4n) is 3.71. The highest BCUT2D eigenvalue weighted by Gasteiger charge is 2.52. The van der Waals surface area contributed by atoms with Crippen molar-refractivity contribution >= 4 is 29.6 Å². The summed E-state index contributed by atoms with van der Waals surface area (Å²) < 4.78 is 24.1. The molecule has 4 amide bonds. The molecule has 0 unspecified atom stereocenters. The van der Waals surface area contributed by atoms with Gasteiger partial charge in [0.25, 0.3) is 17.0 Å². The van der Waals surface area contributed by atoms with E-state index < -0.39 is 29.5 Å². The molecule has 170 valence electrons. The SMILES string of the molecule is C[C@H](Oc1ccc(F)cc1)c1nnc(SCC(=O)NN2C(=O)NC3(CCCCC3)C2=O)o1. The van der Waals surface area contributed by atoms with Crippen LogP contribution in [0.15, 0.2) is 33.9 Å². The van der Waals surface area contributed by atoms with Gasteiger partial charge in [-0.3, -0.25) is 15.0 Å². The summed E-state index contributed by atoms with van der Waals surface area (Å²) in [5, 5.41) is 11.4. The quantitative estimate of drug-likeness (QED) is 0.474. The molecule has 1 saturated carbocycles. The van der Waals surface area contributed by atoms with Crippen molar-refractivity contribution in [3.63, 3.8) is 0 Å². The van der Waals surface area contributed by atoms with Crippen LogP contribution in [-0.2, 0) is 9.59 Å². The number of carbonyl (C=O) groups is 3. The van der Waals surface area contributed by atoms with E-state index in [0.717, 1.165) is 36.0 Å². The van der Waals surface area contributed by atoms with E-state index in [9.17, 15) is 18.8 Å². The molecule has 1 aromatic heterocycles.